The van der Waals surface area contributed by atoms with Crippen molar-refractivity contribution in [2.45, 2.75) is 25.0 Å². The number of likely N-dealkylation sites (tertiary alicyclic amines) is 1. The molecule has 1 fully saturated rings. The second kappa shape index (κ2) is 5.63. The first-order valence-electron chi connectivity index (χ1n) is 6.51. The molecule has 0 bridgehead atoms. The van der Waals surface area contributed by atoms with Gasteiger partial charge in [-0.3, -0.25) is 4.79 Å². The van der Waals surface area contributed by atoms with E-state index in [9.17, 15) is 9.59 Å². The molecule has 0 radical (unpaired) electrons. The Balaban J connectivity index is 2.32. The Bertz CT molecular complexity index is 502. The van der Waals surface area contributed by atoms with Crippen LogP contribution in [0.15, 0.2) is 30.3 Å². The molecule has 5 nitrogen and oxygen atoms in total. The number of methoxy groups -OCH3 is 2. The summed E-state index contributed by atoms with van der Waals surface area (Å²) < 4.78 is 10.2. The molecule has 0 saturated carbocycles. The number of carbonyl (C=O) groups is 2. The molecule has 20 heavy (non-hydrogen) atoms. The van der Waals surface area contributed by atoms with E-state index in [4.69, 9.17) is 9.47 Å². The zero-order chi connectivity index (χ0) is 14.8. The number of amides is 1. The summed E-state index contributed by atoms with van der Waals surface area (Å²) in [5.41, 5.74) is -0.429. The van der Waals surface area contributed by atoms with Gasteiger partial charge in [-0.1, -0.05) is 18.2 Å². The smallest absolute Gasteiger partial charge is 0.331 e. The van der Waals surface area contributed by atoms with Gasteiger partial charge >= 0.3 is 5.97 Å². The Labute approximate surface area is 118 Å². The van der Waals surface area contributed by atoms with Crippen LogP contribution < -0.4 is 0 Å². The lowest BCUT2D eigenvalue weighted by Gasteiger charge is -2.32. The maximum absolute atomic E-state index is 12.6. The zero-order valence-corrected chi connectivity index (χ0v) is 12.0. The third-order valence-electron chi connectivity index (χ3n) is 3.83. The van der Waals surface area contributed by atoms with Gasteiger partial charge in [0, 0.05) is 25.6 Å². The highest BCUT2D eigenvalue weighted by Crippen LogP contribution is 2.33. The zero-order valence-electron chi connectivity index (χ0n) is 12.0. The Morgan fingerprint density at radius 2 is 1.90 bits per heavy atom. The molecule has 1 aliphatic heterocycles. The molecule has 1 saturated heterocycles. The summed E-state index contributed by atoms with van der Waals surface area (Å²) in [6.45, 7) is 2.11. The number of nitrogens with zero attached hydrogens (tertiary/aromatic N) is 1. The van der Waals surface area contributed by atoms with E-state index in [0.29, 0.717) is 18.5 Å². The van der Waals surface area contributed by atoms with Gasteiger partial charge in [0.1, 0.15) is 5.54 Å². The lowest BCUT2D eigenvalue weighted by molar-refractivity contribution is -0.151. The van der Waals surface area contributed by atoms with E-state index in [2.05, 4.69) is 0 Å². The fourth-order valence-corrected chi connectivity index (χ4v) is 2.64. The van der Waals surface area contributed by atoms with Gasteiger partial charge < -0.3 is 14.4 Å². The van der Waals surface area contributed by atoms with Gasteiger partial charge in [-0.15, -0.1) is 0 Å². The third-order valence-corrected chi connectivity index (χ3v) is 3.83. The molecule has 1 aromatic rings. The van der Waals surface area contributed by atoms with Crippen LogP contribution in [0.4, 0.5) is 0 Å². The number of carbonyl (C=O) groups excluding carboxylic acids is 2. The molecule has 5 heteroatoms. The molecular formula is C15H19NO4. The molecule has 0 aromatic heterocycles. The average molecular weight is 277 g/mol. The first-order chi connectivity index (χ1) is 9.52. The van der Waals surface area contributed by atoms with Crippen molar-refractivity contribution in [3.63, 3.8) is 0 Å². The van der Waals surface area contributed by atoms with Gasteiger partial charge in [0.2, 0.25) is 0 Å². The predicted molar refractivity (Wildman–Crippen MR) is 73.3 cm³/mol. The Kier molecular flexibility index (Phi) is 4.09. The molecule has 108 valence electrons. The molecule has 0 aliphatic carbocycles. The molecule has 1 heterocycles. The molecule has 1 aliphatic rings. The van der Waals surface area contributed by atoms with Gasteiger partial charge in [-0.2, -0.15) is 0 Å². The Morgan fingerprint density at radius 1 is 1.25 bits per heavy atom. The highest BCUT2D eigenvalue weighted by atomic mass is 16.5. The highest BCUT2D eigenvalue weighted by molar-refractivity contribution is 5.98. The third kappa shape index (κ3) is 2.41. The van der Waals surface area contributed by atoms with E-state index < -0.39 is 11.5 Å². The Hall–Kier alpha value is -1.88. The van der Waals surface area contributed by atoms with Crippen molar-refractivity contribution in [3.8, 4) is 0 Å². The lowest BCUT2D eigenvalue weighted by atomic mass is 9.97. The minimum atomic E-state index is -0.984. The summed E-state index contributed by atoms with van der Waals surface area (Å²) in [5, 5.41) is 0. The summed E-state index contributed by atoms with van der Waals surface area (Å²) >= 11 is 0. The van der Waals surface area contributed by atoms with E-state index in [1.54, 1.807) is 43.2 Å². The van der Waals surface area contributed by atoms with Gasteiger partial charge in [0.15, 0.2) is 0 Å². The van der Waals surface area contributed by atoms with Crippen molar-refractivity contribution in [1.82, 2.24) is 4.90 Å². The largest absolute Gasteiger partial charge is 0.467 e. The molecular weight excluding hydrogens is 258 g/mol. The Morgan fingerprint density at radius 3 is 2.45 bits per heavy atom. The van der Waals surface area contributed by atoms with Crippen LogP contribution in [-0.2, 0) is 14.3 Å². The lowest BCUT2D eigenvalue weighted by Crippen LogP contribution is -2.51. The number of hydrogen-bond donors (Lipinski definition) is 0. The number of rotatable bonds is 3. The van der Waals surface area contributed by atoms with Crippen molar-refractivity contribution in [2.24, 2.45) is 0 Å². The normalized spacial score (nSPS) is 25.6. The van der Waals surface area contributed by atoms with Crippen molar-refractivity contribution in [2.75, 3.05) is 20.8 Å². The van der Waals surface area contributed by atoms with Crippen molar-refractivity contribution in [1.29, 1.82) is 0 Å². The maximum Gasteiger partial charge on any atom is 0.331 e. The quantitative estimate of drug-likeness (QED) is 0.785. The second-order valence-corrected chi connectivity index (χ2v) is 5.11. The average Bonchev–Trinajstić information content (AvgIpc) is 2.85. The topological polar surface area (TPSA) is 55.8 Å². The maximum atomic E-state index is 12.6. The summed E-state index contributed by atoms with van der Waals surface area (Å²) in [6.07, 6.45) is 0.279. The molecule has 1 amide bonds. The molecule has 2 rings (SSSR count). The number of esters is 1. The van der Waals surface area contributed by atoms with Crippen LogP contribution >= 0.6 is 0 Å². The number of hydrogen-bond acceptors (Lipinski definition) is 4. The summed E-state index contributed by atoms with van der Waals surface area (Å²) in [7, 11) is 2.91. The number of benzene rings is 1. The van der Waals surface area contributed by atoms with Crippen molar-refractivity contribution >= 4 is 11.9 Å². The van der Waals surface area contributed by atoms with Gasteiger partial charge in [-0.05, 0) is 19.1 Å². The SMILES string of the molecule is COC(=O)[C@]1(C)C[C@H](OC)CN1C(=O)c1ccccc1. The van der Waals surface area contributed by atoms with Crippen LogP contribution in [0.1, 0.15) is 23.7 Å². The van der Waals surface area contributed by atoms with Crippen LogP contribution in [0, 0.1) is 0 Å². The van der Waals surface area contributed by atoms with Crippen LogP contribution in [0.5, 0.6) is 0 Å². The summed E-state index contributed by atoms with van der Waals surface area (Å²) in [6, 6.07) is 8.91. The first kappa shape index (κ1) is 14.5. The molecule has 1 aromatic carbocycles. The fourth-order valence-electron chi connectivity index (χ4n) is 2.64. The van der Waals surface area contributed by atoms with Gasteiger partial charge in [0.25, 0.3) is 5.91 Å². The first-order valence-corrected chi connectivity index (χ1v) is 6.51. The second-order valence-electron chi connectivity index (χ2n) is 5.11. The predicted octanol–water partition coefficient (Wildman–Crippen LogP) is 1.48. The molecule has 0 unspecified atom stereocenters. The van der Waals surface area contributed by atoms with E-state index in [0.717, 1.165) is 0 Å². The van der Waals surface area contributed by atoms with Gasteiger partial charge in [0.05, 0.1) is 13.2 Å². The fraction of sp³-hybridized carbons (Fsp3) is 0.467. The van der Waals surface area contributed by atoms with E-state index in [1.807, 2.05) is 6.07 Å². The van der Waals surface area contributed by atoms with Gasteiger partial charge in [-0.25, -0.2) is 4.79 Å². The summed E-state index contributed by atoms with van der Waals surface area (Å²) in [4.78, 5) is 26.2. The van der Waals surface area contributed by atoms with Crippen LogP contribution in [0.25, 0.3) is 0 Å². The summed E-state index contributed by atoms with van der Waals surface area (Å²) in [5.74, 6) is -0.598. The monoisotopic (exact) mass is 277 g/mol. The minimum Gasteiger partial charge on any atom is -0.467 e. The number of ether oxygens (including phenoxy) is 2. The molecule has 2 atom stereocenters. The molecule has 0 N–H and O–H groups in total. The van der Waals surface area contributed by atoms with Crippen molar-refractivity contribution in [3.05, 3.63) is 35.9 Å². The van der Waals surface area contributed by atoms with Crippen LogP contribution in [0.3, 0.4) is 0 Å². The standard InChI is InChI=1S/C15H19NO4/c1-15(14(18)20-3)9-12(19-2)10-16(15)13(17)11-7-5-4-6-8-11/h4-8,12H,9-10H2,1-3H3/t12-,15-/m0/s1. The van der Waals surface area contributed by atoms with Crippen molar-refractivity contribution < 1.29 is 19.1 Å². The van der Waals surface area contributed by atoms with Crippen LogP contribution in [-0.4, -0.2) is 49.2 Å². The highest BCUT2D eigenvalue weighted by Gasteiger charge is 2.51. The minimum absolute atomic E-state index is 0.160. The van der Waals surface area contributed by atoms with Crippen LogP contribution in [0.2, 0.25) is 0 Å². The molecule has 0 spiro atoms. The van der Waals surface area contributed by atoms with E-state index in [1.165, 1.54) is 7.11 Å². The van der Waals surface area contributed by atoms with E-state index in [-0.39, 0.29) is 12.0 Å². The van der Waals surface area contributed by atoms with E-state index >= 15 is 0 Å².